The van der Waals surface area contributed by atoms with Crippen LogP contribution in [-0.4, -0.2) is 5.78 Å². The predicted octanol–water partition coefficient (Wildman–Crippen LogP) is 3.07. The number of furan rings is 2. The van der Waals surface area contributed by atoms with E-state index in [2.05, 4.69) is 0 Å². The zero-order valence-electron chi connectivity index (χ0n) is 7.41. The van der Waals surface area contributed by atoms with Crippen LogP contribution in [0.4, 0.5) is 0 Å². The van der Waals surface area contributed by atoms with Crippen molar-refractivity contribution in [2.45, 2.75) is 6.92 Å². The van der Waals surface area contributed by atoms with E-state index in [1.807, 2.05) is 0 Å². The van der Waals surface area contributed by atoms with Gasteiger partial charge in [-0.15, -0.1) is 0 Å². The molecule has 0 amide bonds. The number of hydrogen-bond acceptors (Lipinski definition) is 3. The molecule has 0 aliphatic rings. The number of rotatable bonds is 2. The molecule has 14 heavy (non-hydrogen) atoms. The summed E-state index contributed by atoms with van der Waals surface area (Å²) in [6.07, 6.45) is 0. The average Bonchev–Trinajstić information content (AvgIpc) is 2.73. The van der Waals surface area contributed by atoms with E-state index in [4.69, 9.17) is 20.4 Å². The standard InChI is InChI=1S/C10H7ClO3/c1-6-2-3-7(13-6)10(12)8-4-5-9(11)14-8/h2-5H,1H3. The highest BCUT2D eigenvalue weighted by Gasteiger charge is 2.16. The topological polar surface area (TPSA) is 43.4 Å². The monoisotopic (exact) mass is 210 g/mol. The number of hydrogen-bond donors (Lipinski definition) is 0. The Morgan fingerprint density at radius 3 is 2.29 bits per heavy atom. The van der Waals surface area contributed by atoms with E-state index in [1.54, 1.807) is 19.1 Å². The highest BCUT2D eigenvalue weighted by Crippen LogP contribution is 2.18. The van der Waals surface area contributed by atoms with Crippen LogP contribution < -0.4 is 0 Å². The van der Waals surface area contributed by atoms with Crippen LogP contribution in [0.3, 0.4) is 0 Å². The van der Waals surface area contributed by atoms with Gasteiger partial charge in [0.1, 0.15) is 5.76 Å². The zero-order chi connectivity index (χ0) is 10.1. The minimum absolute atomic E-state index is 0.185. The van der Waals surface area contributed by atoms with Gasteiger partial charge in [-0.25, -0.2) is 0 Å². The summed E-state index contributed by atoms with van der Waals surface area (Å²) in [5, 5.41) is 0.191. The maximum Gasteiger partial charge on any atom is 0.263 e. The van der Waals surface area contributed by atoms with E-state index in [-0.39, 0.29) is 22.5 Å². The molecule has 0 aliphatic carbocycles. The second kappa shape index (κ2) is 3.35. The van der Waals surface area contributed by atoms with Crippen LogP contribution in [0.1, 0.15) is 22.1 Å². The SMILES string of the molecule is Cc1ccc(C(=O)c2ccc(Cl)o2)o1. The van der Waals surface area contributed by atoms with Gasteiger partial charge in [-0.2, -0.15) is 0 Å². The first-order valence-corrected chi connectivity index (χ1v) is 4.41. The van der Waals surface area contributed by atoms with Crippen molar-refractivity contribution in [2.24, 2.45) is 0 Å². The maximum absolute atomic E-state index is 11.6. The summed E-state index contributed by atoms with van der Waals surface area (Å²) in [7, 11) is 0. The zero-order valence-corrected chi connectivity index (χ0v) is 8.17. The molecule has 0 fully saturated rings. The van der Waals surface area contributed by atoms with Crippen molar-refractivity contribution in [3.05, 3.63) is 46.8 Å². The minimum atomic E-state index is -0.301. The van der Waals surface area contributed by atoms with Gasteiger partial charge in [0.2, 0.25) is 0 Å². The van der Waals surface area contributed by atoms with Gasteiger partial charge in [0.15, 0.2) is 16.7 Å². The summed E-state index contributed by atoms with van der Waals surface area (Å²) in [6.45, 7) is 1.77. The number of aryl methyl sites for hydroxylation is 1. The normalized spacial score (nSPS) is 10.4. The number of carbonyl (C=O) groups is 1. The fourth-order valence-electron chi connectivity index (χ4n) is 1.11. The van der Waals surface area contributed by atoms with Crippen molar-refractivity contribution >= 4 is 17.4 Å². The second-order valence-electron chi connectivity index (χ2n) is 2.84. The molecule has 72 valence electrons. The van der Waals surface area contributed by atoms with E-state index < -0.39 is 0 Å². The molecule has 0 saturated heterocycles. The smallest absolute Gasteiger partial charge is 0.263 e. The van der Waals surface area contributed by atoms with Gasteiger partial charge < -0.3 is 8.83 Å². The summed E-state index contributed by atoms with van der Waals surface area (Å²) in [5.41, 5.74) is 0. The van der Waals surface area contributed by atoms with Gasteiger partial charge in [0.05, 0.1) is 0 Å². The van der Waals surface area contributed by atoms with Crippen LogP contribution in [0.25, 0.3) is 0 Å². The van der Waals surface area contributed by atoms with Gasteiger partial charge in [-0.1, -0.05) is 0 Å². The summed E-state index contributed by atoms with van der Waals surface area (Å²) >= 11 is 5.55. The van der Waals surface area contributed by atoms with Crippen molar-refractivity contribution in [1.29, 1.82) is 0 Å². The largest absolute Gasteiger partial charge is 0.458 e. The Labute approximate surface area is 85.3 Å². The van der Waals surface area contributed by atoms with Crippen LogP contribution in [0.15, 0.2) is 33.1 Å². The Morgan fingerprint density at radius 2 is 1.79 bits per heavy atom. The first kappa shape index (κ1) is 9.09. The molecule has 0 spiro atoms. The van der Waals surface area contributed by atoms with Gasteiger partial charge in [-0.3, -0.25) is 4.79 Å². The molecule has 0 unspecified atom stereocenters. The lowest BCUT2D eigenvalue weighted by atomic mass is 10.2. The van der Waals surface area contributed by atoms with Gasteiger partial charge >= 0.3 is 0 Å². The molecule has 0 saturated carbocycles. The molecule has 0 N–H and O–H groups in total. The molecule has 0 aliphatic heterocycles. The highest BCUT2D eigenvalue weighted by molar-refractivity contribution is 6.29. The molecular formula is C10H7ClO3. The summed E-state index contributed by atoms with van der Waals surface area (Å²) in [5.74, 6) is 0.828. The molecule has 0 radical (unpaired) electrons. The molecule has 2 heterocycles. The van der Waals surface area contributed by atoms with E-state index in [0.717, 1.165) is 0 Å². The third-order valence-corrected chi connectivity index (χ3v) is 1.96. The van der Waals surface area contributed by atoms with Crippen LogP contribution in [0.2, 0.25) is 5.22 Å². The molecule has 2 aromatic rings. The van der Waals surface area contributed by atoms with Gasteiger partial charge in [-0.05, 0) is 42.8 Å². The molecule has 2 aromatic heterocycles. The lowest BCUT2D eigenvalue weighted by Crippen LogP contribution is -1.96. The number of halogens is 1. The predicted molar refractivity (Wildman–Crippen MR) is 50.6 cm³/mol. The molecule has 0 aromatic carbocycles. The third kappa shape index (κ3) is 1.59. The number of ketones is 1. The molecule has 2 rings (SSSR count). The second-order valence-corrected chi connectivity index (χ2v) is 3.22. The first-order chi connectivity index (χ1) is 6.66. The van der Waals surface area contributed by atoms with Crippen molar-refractivity contribution < 1.29 is 13.6 Å². The summed E-state index contributed by atoms with van der Waals surface area (Å²) < 4.78 is 10.1. The van der Waals surface area contributed by atoms with Gasteiger partial charge in [0.25, 0.3) is 5.78 Å². The first-order valence-electron chi connectivity index (χ1n) is 4.03. The molecular weight excluding hydrogens is 204 g/mol. The molecule has 3 nitrogen and oxygen atoms in total. The summed E-state index contributed by atoms with van der Waals surface area (Å²) in [4.78, 5) is 11.6. The van der Waals surface area contributed by atoms with E-state index in [0.29, 0.717) is 5.76 Å². The van der Waals surface area contributed by atoms with Gasteiger partial charge in [0, 0.05) is 0 Å². The van der Waals surface area contributed by atoms with Crippen molar-refractivity contribution in [3.63, 3.8) is 0 Å². The fraction of sp³-hybridized carbons (Fsp3) is 0.100. The van der Waals surface area contributed by atoms with E-state index >= 15 is 0 Å². The van der Waals surface area contributed by atoms with Crippen molar-refractivity contribution in [1.82, 2.24) is 0 Å². The fourth-order valence-corrected chi connectivity index (χ4v) is 1.26. The van der Waals surface area contributed by atoms with Crippen molar-refractivity contribution in [2.75, 3.05) is 0 Å². The molecule has 4 heteroatoms. The lowest BCUT2D eigenvalue weighted by molar-refractivity contribution is 0.0982. The van der Waals surface area contributed by atoms with Crippen LogP contribution in [0.5, 0.6) is 0 Å². The van der Waals surface area contributed by atoms with E-state index in [1.165, 1.54) is 12.1 Å². The van der Waals surface area contributed by atoms with Crippen LogP contribution in [-0.2, 0) is 0 Å². The minimum Gasteiger partial charge on any atom is -0.458 e. The van der Waals surface area contributed by atoms with Crippen LogP contribution >= 0.6 is 11.6 Å². The molecule has 0 bridgehead atoms. The Morgan fingerprint density at radius 1 is 1.14 bits per heavy atom. The average molecular weight is 211 g/mol. The quantitative estimate of drug-likeness (QED) is 0.716. The van der Waals surface area contributed by atoms with E-state index in [9.17, 15) is 4.79 Å². The van der Waals surface area contributed by atoms with Crippen molar-refractivity contribution in [3.8, 4) is 0 Å². The number of carbonyl (C=O) groups excluding carboxylic acids is 1. The molecule has 0 atom stereocenters. The maximum atomic E-state index is 11.6. The Bertz CT molecular complexity index is 425. The van der Waals surface area contributed by atoms with Crippen LogP contribution in [0, 0.1) is 6.92 Å². The lowest BCUT2D eigenvalue weighted by Gasteiger charge is -1.90. The highest BCUT2D eigenvalue weighted by atomic mass is 35.5. The Kier molecular flexibility index (Phi) is 2.17. The Hall–Kier alpha value is -1.48. The third-order valence-electron chi connectivity index (χ3n) is 1.76. The summed E-state index contributed by atoms with van der Waals surface area (Å²) in [6, 6.07) is 6.36. The Balaban J connectivity index is 2.33.